The van der Waals surface area contributed by atoms with Gasteiger partial charge in [-0.05, 0) is 30.3 Å². The largest absolute Gasteiger partial charge is 0.493 e. The van der Waals surface area contributed by atoms with Crippen LogP contribution in [0.15, 0.2) is 41.3 Å². The van der Waals surface area contributed by atoms with E-state index in [1.807, 2.05) is 0 Å². The Morgan fingerprint density at radius 2 is 1.72 bits per heavy atom. The topological polar surface area (TPSA) is 93.1 Å². The number of sulfonamides is 1. The molecular formula is C16H16FNO6S. The SMILES string of the molecule is COc1cc(S(=O)(=O)N(C)c2ccc(F)cc2)cc(C(=O)O)c1OC. The Labute approximate surface area is 144 Å². The minimum atomic E-state index is -4.11. The molecule has 0 saturated carbocycles. The van der Waals surface area contributed by atoms with Crippen LogP contribution in [0.3, 0.4) is 0 Å². The van der Waals surface area contributed by atoms with Crippen molar-refractivity contribution in [1.29, 1.82) is 0 Å². The van der Waals surface area contributed by atoms with Gasteiger partial charge in [0.2, 0.25) is 0 Å². The summed E-state index contributed by atoms with van der Waals surface area (Å²) >= 11 is 0. The molecule has 0 amide bonds. The van der Waals surface area contributed by atoms with Crippen LogP contribution in [0.4, 0.5) is 10.1 Å². The van der Waals surface area contributed by atoms with Crippen molar-refractivity contribution in [3.63, 3.8) is 0 Å². The number of methoxy groups -OCH3 is 2. The van der Waals surface area contributed by atoms with Gasteiger partial charge in [-0.1, -0.05) is 0 Å². The van der Waals surface area contributed by atoms with Crippen molar-refractivity contribution in [2.24, 2.45) is 0 Å². The van der Waals surface area contributed by atoms with Gasteiger partial charge in [0.25, 0.3) is 10.0 Å². The van der Waals surface area contributed by atoms with Crippen LogP contribution in [-0.2, 0) is 10.0 Å². The molecule has 0 saturated heterocycles. The molecule has 7 nitrogen and oxygen atoms in total. The van der Waals surface area contributed by atoms with Crippen molar-refractivity contribution in [3.8, 4) is 11.5 Å². The van der Waals surface area contributed by atoms with E-state index in [0.29, 0.717) is 0 Å². The number of ether oxygens (including phenoxy) is 2. The van der Waals surface area contributed by atoms with Crippen molar-refractivity contribution in [2.75, 3.05) is 25.6 Å². The lowest BCUT2D eigenvalue weighted by Gasteiger charge is -2.21. The van der Waals surface area contributed by atoms with Gasteiger partial charge in [0.15, 0.2) is 11.5 Å². The number of anilines is 1. The maximum absolute atomic E-state index is 13.0. The van der Waals surface area contributed by atoms with Gasteiger partial charge in [0, 0.05) is 13.1 Å². The van der Waals surface area contributed by atoms with E-state index in [4.69, 9.17) is 9.47 Å². The van der Waals surface area contributed by atoms with Crippen LogP contribution in [0, 0.1) is 5.82 Å². The summed E-state index contributed by atoms with van der Waals surface area (Å²) in [5.74, 6) is -1.99. The van der Waals surface area contributed by atoms with Crippen LogP contribution < -0.4 is 13.8 Å². The molecule has 0 fully saturated rings. The smallest absolute Gasteiger partial charge is 0.339 e. The number of carboxylic acid groups (broad SMARTS) is 1. The van der Waals surface area contributed by atoms with E-state index < -0.39 is 21.8 Å². The third-order valence-electron chi connectivity index (χ3n) is 3.53. The van der Waals surface area contributed by atoms with Crippen LogP contribution in [-0.4, -0.2) is 40.8 Å². The first-order chi connectivity index (χ1) is 11.7. The molecule has 0 aliphatic rings. The number of hydrogen-bond donors (Lipinski definition) is 1. The average Bonchev–Trinajstić information content (AvgIpc) is 2.60. The lowest BCUT2D eigenvalue weighted by molar-refractivity contribution is 0.0692. The van der Waals surface area contributed by atoms with E-state index in [0.717, 1.165) is 22.5 Å². The van der Waals surface area contributed by atoms with Crippen LogP contribution >= 0.6 is 0 Å². The molecule has 0 unspecified atom stereocenters. The first-order valence-electron chi connectivity index (χ1n) is 6.96. The lowest BCUT2D eigenvalue weighted by Crippen LogP contribution is -2.27. The molecule has 9 heteroatoms. The zero-order chi connectivity index (χ0) is 18.8. The average molecular weight is 369 g/mol. The molecule has 0 heterocycles. The van der Waals surface area contributed by atoms with Gasteiger partial charge in [-0.15, -0.1) is 0 Å². The number of nitrogens with zero attached hydrogens (tertiary/aromatic N) is 1. The predicted octanol–water partition coefficient (Wildman–Crippen LogP) is 2.37. The summed E-state index contributed by atoms with van der Waals surface area (Å²) in [6, 6.07) is 6.99. The highest BCUT2D eigenvalue weighted by Gasteiger charge is 2.27. The van der Waals surface area contributed by atoms with Gasteiger partial charge in [-0.2, -0.15) is 0 Å². The number of carbonyl (C=O) groups is 1. The van der Waals surface area contributed by atoms with Gasteiger partial charge in [-0.3, -0.25) is 4.31 Å². The Kier molecular flexibility index (Phi) is 5.17. The molecule has 134 valence electrons. The molecule has 0 spiro atoms. The molecule has 0 bridgehead atoms. The second kappa shape index (κ2) is 6.98. The fraction of sp³-hybridized carbons (Fsp3) is 0.188. The van der Waals surface area contributed by atoms with Gasteiger partial charge in [0.1, 0.15) is 11.4 Å². The van der Waals surface area contributed by atoms with Crippen LogP contribution in [0.5, 0.6) is 11.5 Å². The molecule has 2 aromatic rings. The van der Waals surface area contributed by atoms with Gasteiger partial charge in [0.05, 0.1) is 24.8 Å². The van der Waals surface area contributed by atoms with Crippen molar-refractivity contribution in [3.05, 3.63) is 47.8 Å². The van der Waals surface area contributed by atoms with Crippen molar-refractivity contribution in [1.82, 2.24) is 0 Å². The molecule has 0 aliphatic heterocycles. The maximum Gasteiger partial charge on any atom is 0.339 e. The second-order valence-electron chi connectivity index (χ2n) is 4.96. The lowest BCUT2D eigenvalue weighted by atomic mass is 10.2. The van der Waals surface area contributed by atoms with E-state index in [2.05, 4.69) is 0 Å². The molecule has 2 rings (SSSR count). The normalized spacial score (nSPS) is 11.0. The standard InChI is InChI=1S/C16H16FNO6S/c1-18(11-6-4-10(17)5-7-11)25(21,22)12-8-13(16(19)20)15(24-3)14(9-12)23-2/h4-9H,1-3H3,(H,19,20). The number of halogens is 1. The molecule has 25 heavy (non-hydrogen) atoms. The van der Waals surface area contributed by atoms with Gasteiger partial charge in [-0.25, -0.2) is 17.6 Å². The first kappa shape index (κ1) is 18.5. The predicted molar refractivity (Wildman–Crippen MR) is 88.5 cm³/mol. The zero-order valence-corrected chi connectivity index (χ0v) is 14.5. The number of benzene rings is 2. The molecule has 1 N–H and O–H groups in total. The zero-order valence-electron chi connectivity index (χ0n) is 13.7. The summed E-state index contributed by atoms with van der Waals surface area (Å²) in [6.07, 6.45) is 0. The van der Waals surface area contributed by atoms with Crippen molar-refractivity contribution in [2.45, 2.75) is 4.90 Å². The quantitative estimate of drug-likeness (QED) is 0.840. The van der Waals surface area contributed by atoms with Crippen molar-refractivity contribution < 1.29 is 32.2 Å². The van der Waals surface area contributed by atoms with E-state index in [-0.39, 0.29) is 27.6 Å². The summed E-state index contributed by atoms with van der Waals surface area (Å²) in [6.45, 7) is 0. The minimum Gasteiger partial charge on any atom is -0.493 e. The number of carboxylic acids is 1. The molecule has 0 aromatic heterocycles. The number of hydrogen-bond acceptors (Lipinski definition) is 5. The third-order valence-corrected chi connectivity index (χ3v) is 5.29. The minimum absolute atomic E-state index is 0.0338. The first-order valence-corrected chi connectivity index (χ1v) is 8.40. The van der Waals surface area contributed by atoms with Gasteiger partial charge >= 0.3 is 5.97 Å². The Balaban J connectivity index is 2.60. The van der Waals surface area contributed by atoms with Crippen LogP contribution in [0.25, 0.3) is 0 Å². The highest BCUT2D eigenvalue weighted by atomic mass is 32.2. The Morgan fingerprint density at radius 3 is 2.20 bits per heavy atom. The van der Waals surface area contributed by atoms with E-state index in [1.165, 1.54) is 39.5 Å². The number of rotatable bonds is 6. The van der Waals surface area contributed by atoms with Crippen LogP contribution in [0.1, 0.15) is 10.4 Å². The van der Waals surface area contributed by atoms with Gasteiger partial charge < -0.3 is 14.6 Å². The second-order valence-corrected chi connectivity index (χ2v) is 6.93. The van der Waals surface area contributed by atoms with E-state index in [9.17, 15) is 22.7 Å². The Morgan fingerprint density at radius 1 is 1.12 bits per heavy atom. The third kappa shape index (κ3) is 3.50. The van der Waals surface area contributed by atoms with E-state index in [1.54, 1.807) is 0 Å². The summed E-state index contributed by atoms with van der Waals surface area (Å²) < 4.78 is 49.6. The summed E-state index contributed by atoms with van der Waals surface area (Å²) in [5.41, 5.74) is -0.138. The monoisotopic (exact) mass is 369 g/mol. The fourth-order valence-electron chi connectivity index (χ4n) is 2.19. The van der Waals surface area contributed by atoms with Crippen LogP contribution in [0.2, 0.25) is 0 Å². The molecule has 0 atom stereocenters. The van der Waals surface area contributed by atoms with Crippen molar-refractivity contribution >= 4 is 21.7 Å². The summed E-state index contributed by atoms with van der Waals surface area (Å²) in [4.78, 5) is 11.1. The summed E-state index contributed by atoms with van der Waals surface area (Å²) in [7, 11) is -0.308. The fourth-order valence-corrected chi connectivity index (χ4v) is 3.43. The summed E-state index contributed by atoms with van der Waals surface area (Å²) in [5, 5.41) is 9.31. The molecule has 0 radical (unpaired) electrons. The molecule has 0 aliphatic carbocycles. The molecule has 2 aromatic carbocycles. The number of aromatic carboxylic acids is 1. The Hall–Kier alpha value is -2.81. The van der Waals surface area contributed by atoms with E-state index >= 15 is 0 Å². The highest BCUT2D eigenvalue weighted by molar-refractivity contribution is 7.92. The maximum atomic E-state index is 13.0. The Bertz CT molecular complexity index is 896. The molecular weight excluding hydrogens is 353 g/mol. The highest BCUT2D eigenvalue weighted by Crippen LogP contribution is 2.35.